The Morgan fingerprint density at radius 2 is 1.89 bits per heavy atom. The van der Waals surface area contributed by atoms with Crippen molar-refractivity contribution in [2.75, 3.05) is 37.7 Å². The van der Waals surface area contributed by atoms with Gasteiger partial charge in [0.15, 0.2) is 0 Å². The van der Waals surface area contributed by atoms with Gasteiger partial charge >= 0.3 is 0 Å². The molecule has 8 nitrogen and oxygen atoms in total. The monoisotopic (exact) mass is 478 g/mol. The van der Waals surface area contributed by atoms with Gasteiger partial charge in [0.25, 0.3) is 5.69 Å². The number of fused-ring (bicyclic) bond motifs is 3. The number of nitro benzene ring substituents is 1. The van der Waals surface area contributed by atoms with Crippen LogP contribution in [-0.4, -0.2) is 60.6 Å². The normalized spacial score (nSPS) is 22.7. The van der Waals surface area contributed by atoms with Gasteiger partial charge in [-0.1, -0.05) is 37.5 Å². The van der Waals surface area contributed by atoms with Crippen LogP contribution < -0.4 is 15.0 Å². The number of non-ortho nitro benzene ring substituents is 1. The number of para-hydroxylation sites is 1. The number of nitrogens with one attached hydrogen (secondary N) is 1. The van der Waals surface area contributed by atoms with E-state index < -0.39 is 0 Å². The molecular weight excluding hydrogens is 444 g/mol. The maximum Gasteiger partial charge on any atom is 0.269 e. The van der Waals surface area contributed by atoms with Crippen LogP contribution in [0.25, 0.3) is 0 Å². The molecule has 2 aliphatic heterocycles. The fraction of sp³-hybridized carbons (Fsp3) is 0.519. The minimum absolute atomic E-state index is 0.0398. The molecule has 2 aromatic rings. The van der Waals surface area contributed by atoms with Crippen LogP contribution in [0.15, 0.2) is 48.5 Å². The second kappa shape index (κ2) is 10.6. The fourth-order valence-electron chi connectivity index (χ4n) is 5.85. The smallest absolute Gasteiger partial charge is 0.269 e. The predicted octanol–water partition coefficient (Wildman–Crippen LogP) is 3.79. The molecule has 186 valence electrons. The number of amides is 1. The van der Waals surface area contributed by atoms with Gasteiger partial charge < -0.3 is 15.0 Å². The van der Waals surface area contributed by atoms with Gasteiger partial charge in [0.05, 0.1) is 16.9 Å². The summed E-state index contributed by atoms with van der Waals surface area (Å²) in [5.41, 5.74) is 2.02. The van der Waals surface area contributed by atoms with E-state index in [1.807, 2.05) is 36.4 Å². The van der Waals surface area contributed by atoms with Crippen LogP contribution in [0.3, 0.4) is 0 Å². The lowest BCUT2D eigenvalue weighted by atomic mass is 9.82. The fourth-order valence-corrected chi connectivity index (χ4v) is 5.85. The minimum atomic E-state index is -0.353. The van der Waals surface area contributed by atoms with Crippen molar-refractivity contribution in [2.24, 2.45) is 5.92 Å². The van der Waals surface area contributed by atoms with Crippen molar-refractivity contribution in [1.82, 2.24) is 10.2 Å². The lowest BCUT2D eigenvalue weighted by Gasteiger charge is -2.49. The van der Waals surface area contributed by atoms with Gasteiger partial charge in [-0.05, 0) is 43.0 Å². The number of ether oxygens (including phenoxy) is 1. The molecule has 1 aliphatic carbocycles. The molecule has 0 radical (unpaired) electrons. The van der Waals surface area contributed by atoms with Gasteiger partial charge in [-0.3, -0.25) is 19.8 Å². The Bertz CT molecular complexity index is 1040. The van der Waals surface area contributed by atoms with Crippen molar-refractivity contribution in [3.63, 3.8) is 0 Å². The Morgan fingerprint density at radius 3 is 2.66 bits per heavy atom. The van der Waals surface area contributed by atoms with Crippen LogP contribution in [-0.2, 0) is 11.2 Å². The summed E-state index contributed by atoms with van der Waals surface area (Å²) < 4.78 is 5.91. The molecule has 35 heavy (non-hydrogen) atoms. The van der Waals surface area contributed by atoms with Crippen LogP contribution >= 0.6 is 0 Å². The first-order valence-corrected chi connectivity index (χ1v) is 12.8. The lowest BCUT2D eigenvalue weighted by Crippen LogP contribution is -2.62. The highest BCUT2D eigenvalue weighted by atomic mass is 16.6. The first kappa shape index (κ1) is 23.6. The summed E-state index contributed by atoms with van der Waals surface area (Å²) in [7, 11) is 0. The highest BCUT2D eigenvalue weighted by Crippen LogP contribution is 2.38. The van der Waals surface area contributed by atoms with Crippen LogP contribution in [0.5, 0.6) is 5.75 Å². The number of benzene rings is 2. The van der Waals surface area contributed by atoms with Crippen molar-refractivity contribution >= 4 is 17.3 Å². The average Bonchev–Trinajstić information content (AvgIpc) is 2.89. The Kier molecular flexibility index (Phi) is 7.18. The minimum Gasteiger partial charge on any atom is -0.492 e. The Hall–Kier alpha value is -3.13. The molecule has 1 saturated carbocycles. The third kappa shape index (κ3) is 5.42. The standard InChI is InChI=1S/C27H34N4O4/c32-27(28-21-7-3-1-4-8-21)24-18-20-17-22(31(33)34)11-12-25(20)30-14-13-29(19-26(24)30)15-16-35-23-9-5-2-6-10-23/h2,5-6,9-12,17,21,24,26H,1,3-4,7-8,13-16,18-19H2,(H,28,32). The molecule has 1 N–H and O–H groups in total. The van der Waals surface area contributed by atoms with E-state index in [4.69, 9.17) is 4.74 Å². The van der Waals surface area contributed by atoms with Crippen LogP contribution in [0.2, 0.25) is 0 Å². The van der Waals surface area contributed by atoms with Crippen molar-refractivity contribution in [2.45, 2.75) is 50.6 Å². The molecule has 0 aromatic heterocycles. The largest absolute Gasteiger partial charge is 0.492 e. The molecule has 8 heteroatoms. The Morgan fingerprint density at radius 1 is 1.09 bits per heavy atom. The number of hydrogen-bond acceptors (Lipinski definition) is 6. The summed E-state index contributed by atoms with van der Waals surface area (Å²) in [6, 6.07) is 15.2. The molecule has 3 aliphatic rings. The molecule has 2 aromatic carbocycles. The SMILES string of the molecule is O=C(NC1CCCCC1)C1Cc2cc([N+](=O)[O-])ccc2N2CCN(CCOc3ccccc3)CC12. The van der Waals surface area contributed by atoms with Crippen LogP contribution in [0, 0.1) is 16.0 Å². The number of anilines is 1. The third-order valence-corrected chi connectivity index (χ3v) is 7.70. The van der Waals surface area contributed by atoms with E-state index in [9.17, 15) is 14.9 Å². The number of nitro groups is 1. The predicted molar refractivity (Wildman–Crippen MR) is 135 cm³/mol. The molecule has 1 amide bonds. The van der Waals surface area contributed by atoms with E-state index in [0.29, 0.717) is 13.0 Å². The van der Waals surface area contributed by atoms with Crippen LogP contribution in [0.4, 0.5) is 11.4 Å². The Labute approximate surface area is 206 Å². The van der Waals surface area contributed by atoms with E-state index >= 15 is 0 Å². The summed E-state index contributed by atoms with van der Waals surface area (Å²) in [6.45, 7) is 3.81. The number of piperazine rings is 1. The zero-order valence-electron chi connectivity index (χ0n) is 20.1. The molecule has 0 spiro atoms. The summed E-state index contributed by atoms with van der Waals surface area (Å²) in [5.74, 6) is 0.722. The van der Waals surface area contributed by atoms with Crippen molar-refractivity contribution in [3.8, 4) is 5.75 Å². The van der Waals surface area contributed by atoms with Crippen LogP contribution in [0.1, 0.15) is 37.7 Å². The van der Waals surface area contributed by atoms with E-state index in [-0.39, 0.29) is 34.5 Å². The number of carbonyl (C=O) groups is 1. The Balaban J connectivity index is 1.31. The summed E-state index contributed by atoms with van der Waals surface area (Å²) in [6.07, 6.45) is 6.18. The zero-order valence-corrected chi connectivity index (χ0v) is 20.1. The van der Waals surface area contributed by atoms with Gasteiger partial charge in [-0.15, -0.1) is 0 Å². The molecule has 1 saturated heterocycles. The first-order valence-electron chi connectivity index (χ1n) is 12.8. The summed E-state index contributed by atoms with van der Waals surface area (Å²) in [4.78, 5) is 29.3. The van der Waals surface area contributed by atoms with Gasteiger partial charge in [0.1, 0.15) is 12.4 Å². The van der Waals surface area contributed by atoms with Crippen molar-refractivity contribution < 1.29 is 14.5 Å². The van der Waals surface area contributed by atoms with E-state index in [1.165, 1.54) is 6.42 Å². The topological polar surface area (TPSA) is 87.9 Å². The highest BCUT2D eigenvalue weighted by Gasteiger charge is 2.42. The van der Waals surface area contributed by atoms with Crippen molar-refractivity contribution in [1.29, 1.82) is 0 Å². The van der Waals surface area contributed by atoms with E-state index in [0.717, 1.165) is 68.9 Å². The highest BCUT2D eigenvalue weighted by molar-refractivity contribution is 5.82. The molecule has 0 bridgehead atoms. The number of nitrogens with zero attached hydrogens (tertiary/aromatic N) is 3. The molecule has 2 atom stereocenters. The molecule has 2 heterocycles. The zero-order chi connectivity index (χ0) is 24.2. The number of rotatable bonds is 7. The average molecular weight is 479 g/mol. The summed E-state index contributed by atoms with van der Waals surface area (Å²) in [5, 5.41) is 14.7. The first-order chi connectivity index (χ1) is 17.1. The lowest BCUT2D eigenvalue weighted by molar-refractivity contribution is -0.384. The molecule has 2 fully saturated rings. The van der Waals surface area contributed by atoms with Gasteiger partial charge in [-0.2, -0.15) is 0 Å². The second-order valence-corrected chi connectivity index (χ2v) is 9.95. The third-order valence-electron chi connectivity index (χ3n) is 7.70. The van der Waals surface area contributed by atoms with Gasteiger partial charge in [0, 0.05) is 50.0 Å². The maximum absolute atomic E-state index is 13.5. The van der Waals surface area contributed by atoms with E-state index in [1.54, 1.807) is 12.1 Å². The van der Waals surface area contributed by atoms with Crippen molar-refractivity contribution in [3.05, 3.63) is 64.2 Å². The molecular formula is C27H34N4O4. The number of hydrogen-bond donors (Lipinski definition) is 1. The quantitative estimate of drug-likeness (QED) is 0.481. The molecule has 5 rings (SSSR count). The second-order valence-electron chi connectivity index (χ2n) is 9.95. The van der Waals surface area contributed by atoms with E-state index in [2.05, 4.69) is 15.1 Å². The molecule has 2 unspecified atom stereocenters. The van der Waals surface area contributed by atoms with Gasteiger partial charge in [-0.25, -0.2) is 0 Å². The van der Waals surface area contributed by atoms with Gasteiger partial charge in [0.2, 0.25) is 5.91 Å². The summed E-state index contributed by atoms with van der Waals surface area (Å²) >= 11 is 0. The number of carbonyl (C=O) groups excluding carboxylic acids is 1. The maximum atomic E-state index is 13.5.